The predicted octanol–water partition coefficient (Wildman–Crippen LogP) is 2.08. The van der Waals surface area contributed by atoms with Gasteiger partial charge in [0.05, 0.1) is 12.2 Å². The highest BCUT2D eigenvalue weighted by Gasteiger charge is 2.39. The zero-order chi connectivity index (χ0) is 13.0. The lowest BCUT2D eigenvalue weighted by molar-refractivity contribution is 0.00353. The van der Waals surface area contributed by atoms with Gasteiger partial charge >= 0.3 is 0 Å². The van der Waals surface area contributed by atoms with Crippen LogP contribution in [0.3, 0.4) is 0 Å². The molecule has 0 radical (unpaired) electrons. The van der Waals surface area contributed by atoms with Crippen molar-refractivity contribution in [2.45, 2.75) is 31.3 Å². The monoisotopic (exact) mass is 253 g/mol. The van der Waals surface area contributed by atoms with Crippen LogP contribution in [0.4, 0.5) is 4.39 Å². The number of ether oxygens (including phenoxy) is 1. The van der Waals surface area contributed by atoms with Crippen molar-refractivity contribution < 1.29 is 14.2 Å². The second-order valence-electron chi connectivity index (χ2n) is 4.99. The van der Waals surface area contributed by atoms with Gasteiger partial charge in [-0.15, -0.1) is 0 Å². The van der Waals surface area contributed by atoms with Crippen LogP contribution >= 0.6 is 0 Å². The van der Waals surface area contributed by atoms with Crippen molar-refractivity contribution in [2.75, 3.05) is 13.2 Å². The lowest BCUT2D eigenvalue weighted by Gasteiger charge is -2.28. The topological polar surface area (TPSA) is 55.5 Å². The van der Waals surface area contributed by atoms with Crippen molar-refractivity contribution in [2.24, 2.45) is 11.7 Å². The fourth-order valence-electron chi connectivity index (χ4n) is 2.68. The molecule has 0 spiro atoms. The summed E-state index contributed by atoms with van der Waals surface area (Å²) in [6, 6.07) is 6.10. The number of rotatable bonds is 5. The highest BCUT2D eigenvalue weighted by molar-refractivity contribution is 5.22. The zero-order valence-corrected chi connectivity index (χ0v) is 10.4. The van der Waals surface area contributed by atoms with Gasteiger partial charge in [-0.25, -0.2) is 4.39 Å². The molecule has 4 heteroatoms. The summed E-state index contributed by atoms with van der Waals surface area (Å²) >= 11 is 0. The van der Waals surface area contributed by atoms with Gasteiger partial charge in [0.25, 0.3) is 0 Å². The lowest BCUT2D eigenvalue weighted by atomic mass is 9.88. The Hall–Kier alpha value is -1.13. The molecule has 1 fully saturated rings. The minimum Gasteiger partial charge on any atom is -0.493 e. The van der Waals surface area contributed by atoms with E-state index in [1.807, 2.05) is 0 Å². The summed E-state index contributed by atoms with van der Waals surface area (Å²) in [4.78, 5) is 0. The van der Waals surface area contributed by atoms with E-state index in [4.69, 9.17) is 10.5 Å². The van der Waals surface area contributed by atoms with E-state index in [-0.39, 0.29) is 11.7 Å². The Balaban J connectivity index is 1.82. The molecule has 100 valence electrons. The second kappa shape index (κ2) is 5.67. The van der Waals surface area contributed by atoms with Crippen LogP contribution in [0.2, 0.25) is 0 Å². The molecule has 3 N–H and O–H groups in total. The maximum Gasteiger partial charge on any atom is 0.126 e. The maximum atomic E-state index is 12.9. The molecule has 0 aliphatic heterocycles. The molecular formula is C14H20FNO2. The minimum absolute atomic E-state index is 0.191. The van der Waals surface area contributed by atoms with Crippen molar-refractivity contribution in [1.82, 2.24) is 0 Å². The fourth-order valence-corrected chi connectivity index (χ4v) is 2.68. The van der Waals surface area contributed by atoms with Crippen molar-refractivity contribution in [3.8, 4) is 5.75 Å². The molecule has 2 atom stereocenters. The maximum absolute atomic E-state index is 12.9. The highest BCUT2D eigenvalue weighted by Crippen LogP contribution is 2.37. The standard InChI is InChI=1S/C14H20FNO2/c15-12-4-1-5-13(9-12)18-8-6-11-3-2-7-14(11,17)10-16/h1,4-5,9,11,17H,2-3,6-8,10,16H2. The van der Waals surface area contributed by atoms with Crippen LogP contribution < -0.4 is 10.5 Å². The average molecular weight is 253 g/mol. The molecule has 1 aromatic carbocycles. The minimum atomic E-state index is -0.731. The SMILES string of the molecule is NCC1(O)CCCC1CCOc1cccc(F)c1. The van der Waals surface area contributed by atoms with Crippen LogP contribution in [-0.2, 0) is 0 Å². The normalized spacial score (nSPS) is 27.4. The van der Waals surface area contributed by atoms with E-state index in [1.54, 1.807) is 12.1 Å². The molecule has 0 amide bonds. The van der Waals surface area contributed by atoms with Crippen molar-refractivity contribution in [1.29, 1.82) is 0 Å². The van der Waals surface area contributed by atoms with E-state index in [0.717, 1.165) is 25.7 Å². The van der Waals surface area contributed by atoms with Gasteiger partial charge < -0.3 is 15.6 Å². The summed E-state index contributed by atoms with van der Waals surface area (Å²) in [5.74, 6) is 0.423. The molecule has 0 aromatic heterocycles. The Morgan fingerprint density at radius 3 is 3.06 bits per heavy atom. The van der Waals surface area contributed by atoms with Crippen molar-refractivity contribution in [3.63, 3.8) is 0 Å². The first-order valence-corrected chi connectivity index (χ1v) is 6.45. The molecule has 0 saturated heterocycles. The van der Waals surface area contributed by atoms with Crippen LogP contribution in [-0.4, -0.2) is 23.9 Å². The number of aliphatic hydroxyl groups is 1. The Bertz CT molecular complexity index is 399. The van der Waals surface area contributed by atoms with Gasteiger partial charge in [-0.05, 0) is 37.3 Å². The van der Waals surface area contributed by atoms with Gasteiger partial charge in [-0.2, -0.15) is 0 Å². The first-order chi connectivity index (χ1) is 8.64. The molecule has 0 heterocycles. The molecule has 1 aliphatic carbocycles. The fraction of sp³-hybridized carbons (Fsp3) is 0.571. The molecule has 3 nitrogen and oxygen atoms in total. The third-order valence-corrected chi connectivity index (χ3v) is 3.81. The molecule has 2 unspecified atom stereocenters. The first kappa shape index (κ1) is 13.3. The van der Waals surface area contributed by atoms with Crippen LogP contribution in [0, 0.1) is 11.7 Å². The van der Waals surface area contributed by atoms with Crippen LogP contribution in [0.15, 0.2) is 24.3 Å². The van der Waals surface area contributed by atoms with Crippen LogP contribution in [0.1, 0.15) is 25.7 Å². The quantitative estimate of drug-likeness (QED) is 0.844. The molecular weight excluding hydrogens is 233 g/mol. The zero-order valence-electron chi connectivity index (χ0n) is 10.4. The van der Waals surface area contributed by atoms with Gasteiger partial charge in [0, 0.05) is 12.6 Å². The van der Waals surface area contributed by atoms with E-state index < -0.39 is 5.60 Å². The first-order valence-electron chi connectivity index (χ1n) is 6.45. The van der Waals surface area contributed by atoms with Crippen molar-refractivity contribution >= 4 is 0 Å². The van der Waals surface area contributed by atoms with E-state index in [0.29, 0.717) is 18.9 Å². The molecule has 2 rings (SSSR count). The van der Waals surface area contributed by atoms with Crippen molar-refractivity contribution in [3.05, 3.63) is 30.1 Å². The smallest absolute Gasteiger partial charge is 0.126 e. The van der Waals surface area contributed by atoms with Crippen LogP contribution in [0.5, 0.6) is 5.75 Å². The summed E-state index contributed by atoms with van der Waals surface area (Å²) in [6.45, 7) is 0.786. The summed E-state index contributed by atoms with van der Waals surface area (Å²) < 4.78 is 18.4. The number of nitrogens with two attached hydrogens (primary N) is 1. The summed E-state index contributed by atoms with van der Waals surface area (Å²) in [7, 11) is 0. The summed E-state index contributed by atoms with van der Waals surface area (Å²) in [5, 5.41) is 10.3. The number of halogens is 1. The molecule has 1 aromatic rings. The second-order valence-corrected chi connectivity index (χ2v) is 4.99. The van der Waals surface area contributed by atoms with Gasteiger partial charge in [0.15, 0.2) is 0 Å². The van der Waals surface area contributed by atoms with E-state index in [9.17, 15) is 9.50 Å². The lowest BCUT2D eigenvalue weighted by Crippen LogP contribution is -2.41. The Kier molecular flexibility index (Phi) is 4.19. The van der Waals surface area contributed by atoms with E-state index >= 15 is 0 Å². The van der Waals surface area contributed by atoms with Crippen LogP contribution in [0.25, 0.3) is 0 Å². The summed E-state index contributed by atoms with van der Waals surface area (Å²) in [5.41, 5.74) is 4.89. The van der Waals surface area contributed by atoms with Gasteiger partial charge in [0.2, 0.25) is 0 Å². The molecule has 18 heavy (non-hydrogen) atoms. The highest BCUT2D eigenvalue weighted by atomic mass is 19.1. The number of benzene rings is 1. The third-order valence-electron chi connectivity index (χ3n) is 3.81. The summed E-state index contributed by atoms with van der Waals surface area (Å²) in [6.07, 6.45) is 3.52. The number of hydrogen-bond acceptors (Lipinski definition) is 3. The van der Waals surface area contributed by atoms with E-state index in [1.165, 1.54) is 12.1 Å². The molecule has 1 aliphatic rings. The number of hydrogen-bond donors (Lipinski definition) is 2. The van der Waals surface area contributed by atoms with E-state index in [2.05, 4.69) is 0 Å². The molecule has 1 saturated carbocycles. The largest absolute Gasteiger partial charge is 0.493 e. The van der Waals surface area contributed by atoms with Gasteiger partial charge in [0.1, 0.15) is 11.6 Å². The third kappa shape index (κ3) is 3.00. The Morgan fingerprint density at radius 2 is 2.33 bits per heavy atom. The average Bonchev–Trinajstić information content (AvgIpc) is 2.72. The molecule has 0 bridgehead atoms. The Labute approximate surface area is 107 Å². The predicted molar refractivity (Wildman–Crippen MR) is 67.9 cm³/mol. The Morgan fingerprint density at radius 1 is 1.50 bits per heavy atom. The van der Waals surface area contributed by atoms with Gasteiger partial charge in [-0.1, -0.05) is 12.5 Å². The van der Waals surface area contributed by atoms with Gasteiger partial charge in [-0.3, -0.25) is 0 Å².